The summed E-state index contributed by atoms with van der Waals surface area (Å²) in [7, 11) is -2.56. The van der Waals surface area contributed by atoms with Crippen molar-refractivity contribution in [3.8, 4) is 0 Å². The Bertz CT molecular complexity index is 1180. The molecule has 0 aliphatic carbocycles. The smallest absolute Gasteiger partial charge is 0.244 e. The first-order valence-electron chi connectivity index (χ1n) is 9.33. The summed E-state index contributed by atoms with van der Waals surface area (Å²) in [5.74, 6) is -1.13. The molecule has 0 heterocycles. The lowest BCUT2D eigenvalue weighted by Gasteiger charge is -2.31. The van der Waals surface area contributed by atoms with Crippen molar-refractivity contribution < 1.29 is 18.0 Å². The number of amides is 2. The van der Waals surface area contributed by atoms with Crippen LogP contribution in [0.3, 0.4) is 0 Å². The number of nitrogens with zero attached hydrogens (tertiary/aromatic N) is 2. The molecule has 2 aromatic carbocycles. The summed E-state index contributed by atoms with van der Waals surface area (Å²) in [4.78, 5) is 26.9. The molecule has 0 radical (unpaired) electrons. The Morgan fingerprint density at radius 3 is 2.12 bits per heavy atom. The van der Waals surface area contributed by atoms with Crippen molar-refractivity contribution in [2.75, 3.05) is 24.2 Å². The van der Waals surface area contributed by atoms with Crippen molar-refractivity contribution in [3.05, 3.63) is 61.0 Å². The molecule has 2 rings (SSSR count). The molecular formula is C20H20Cl5N3O4S. The summed E-state index contributed by atoms with van der Waals surface area (Å²) >= 11 is 30.4. The standard InChI is InChI=1S/C20H20Cl5N3O4S/c1-11(20(30)26-2)27(9-12-4-5-13(21)6-14(12)22)19(29)10-28(33(3,31)32)18-8-16(24)15(23)7-17(18)25/h4-8,11H,9-10H2,1-3H3,(H,26,30). The lowest BCUT2D eigenvalue weighted by atomic mass is 10.1. The predicted octanol–water partition coefficient (Wildman–Crippen LogP) is 4.88. The first-order chi connectivity index (χ1) is 15.3. The number of halogens is 5. The minimum atomic E-state index is -3.98. The van der Waals surface area contributed by atoms with Gasteiger partial charge in [-0.25, -0.2) is 8.42 Å². The van der Waals surface area contributed by atoms with E-state index < -0.39 is 34.4 Å². The summed E-state index contributed by atoms with van der Waals surface area (Å²) in [6.07, 6.45) is 0.918. The van der Waals surface area contributed by atoms with Crippen molar-refractivity contribution in [3.63, 3.8) is 0 Å². The number of anilines is 1. The van der Waals surface area contributed by atoms with E-state index in [9.17, 15) is 18.0 Å². The van der Waals surface area contributed by atoms with Gasteiger partial charge in [-0.2, -0.15) is 0 Å². The fourth-order valence-electron chi connectivity index (χ4n) is 2.92. The van der Waals surface area contributed by atoms with E-state index in [2.05, 4.69) is 5.32 Å². The SMILES string of the molecule is CNC(=O)C(C)N(Cc1ccc(Cl)cc1Cl)C(=O)CN(c1cc(Cl)c(Cl)cc1Cl)S(C)(=O)=O. The largest absolute Gasteiger partial charge is 0.357 e. The van der Waals surface area contributed by atoms with Gasteiger partial charge in [0.15, 0.2) is 0 Å². The number of sulfonamides is 1. The Morgan fingerprint density at radius 1 is 0.970 bits per heavy atom. The van der Waals surface area contributed by atoms with E-state index in [1.165, 1.54) is 37.1 Å². The Labute approximate surface area is 217 Å². The number of nitrogens with one attached hydrogen (secondary N) is 1. The fraction of sp³-hybridized carbons (Fsp3) is 0.300. The number of carbonyl (C=O) groups excluding carboxylic acids is 2. The first kappa shape index (κ1) is 27.8. The normalized spacial score (nSPS) is 12.2. The maximum absolute atomic E-state index is 13.3. The van der Waals surface area contributed by atoms with Gasteiger partial charge in [0.1, 0.15) is 12.6 Å². The van der Waals surface area contributed by atoms with Crippen LogP contribution >= 0.6 is 58.0 Å². The number of carbonyl (C=O) groups is 2. The van der Waals surface area contributed by atoms with Gasteiger partial charge in [0.25, 0.3) is 0 Å². The quantitative estimate of drug-likeness (QED) is 0.455. The average molecular weight is 576 g/mol. The van der Waals surface area contributed by atoms with Gasteiger partial charge in [-0.05, 0) is 36.8 Å². The van der Waals surface area contributed by atoms with E-state index in [4.69, 9.17) is 58.0 Å². The molecule has 0 aromatic heterocycles. The van der Waals surface area contributed by atoms with E-state index in [0.29, 0.717) is 10.6 Å². The summed E-state index contributed by atoms with van der Waals surface area (Å²) in [6, 6.07) is 6.30. The molecule has 0 aliphatic rings. The highest BCUT2D eigenvalue weighted by molar-refractivity contribution is 7.92. The molecular weight excluding hydrogens is 556 g/mol. The number of benzene rings is 2. The van der Waals surface area contributed by atoms with Gasteiger partial charge in [-0.3, -0.25) is 13.9 Å². The van der Waals surface area contributed by atoms with Crippen LogP contribution in [0.1, 0.15) is 12.5 Å². The Morgan fingerprint density at radius 2 is 1.58 bits per heavy atom. The molecule has 1 unspecified atom stereocenters. The highest BCUT2D eigenvalue weighted by atomic mass is 35.5. The van der Waals surface area contributed by atoms with Gasteiger partial charge in [-0.1, -0.05) is 64.1 Å². The molecule has 2 amide bonds. The highest BCUT2D eigenvalue weighted by Gasteiger charge is 2.31. The second-order valence-electron chi connectivity index (χ2n) is 7.03. The zero-order valence-electron chi connectivity index (χ0n) is 17.7. The van der Waals surface area contributed by atoms with E-state index in [1.807, 2.05) is 0 Å². The Hall–Kier alpha value is -1.42. The molecule has 0 aliphatic heterocycles. The predicted molar refractivity (Wildman–Crippen MR) is 134 cm³/mol. The number of hydrogen-bond donors (Lipinski definition) is 1. The van der Waals surface area contributed by atoms with E-state index in [1.54, 1.807) is 12.1 Å². The summed E-state index contributed by atoms with van der Waals surface area (Å²) in [5, 5.41) is 3.33. The monoisotopic (exact) mass is 573 g/mol. The van der Waals surface area contributed by atoms with E-state index >= 15 is 0 Å². The lowest BCUT2D eigenvalue weighted by Crippen LogP contribution is -2.50. The maximum Gasteiger partial charge on any atom is 0.244 e. The minimum Gasteiger partial charge on any atom is -0.357 e. The molecule has 0 bridgehead atoms. The average Bonchev–Trinajstić information content (AvgIpc) is 2.72. The number of hydrogen-bond acceptors (Lipinski definition) is 4. The first-order valence-corrected chi connectivity index (χ1v) is 13.1. The van der Waals surface area contributed by atoms with Crippen LogP contribution in [0.4, 0.5) is 5.69 Å². The highest BCUT2D eigenvalue weighted by Crippen LogP contribution is 2.35. The van der Waals surface area contributed by atoms with Crippen molar-refractivity contribution >= 4 is 85.5 Å². The second kappa shape index (κ2) is 11.3. The van der Waals surface area contributed by atoms with Crippen LogP contribution in [-0.2, 0) is 26.2 Å². The van der Waals surface area contributed by atoms with Crippen LogP contribution in [0.15, 0.2) is 30.3 Å². The van der Waals surface area contributed by atoms with Crippen LogP contribution in [0.5, 0.6) is 0 Å². The van der Waals surface area contributed by atoms with E-state index in [0.717, 1.165) is 10.6 Å². The van der Waals surface area contributed by atoms with Crippen molar-refractivity contribution in [1.82, 2.24) is 10.2 Å². The van der Waals surface area contributed by atoms with E-state index in [-0.39, 0.29) is 32.3 Å². The molecule has 0 fully saturated rings. The third kappa shape index (κ3) is 7.04. The van der Waals surface area contributed by atoms with Crippen LogP contribution in [0, 0.1) is 0 Å². The number of rotatable bonds is 8. The second-order valence-corrected chi connectivity index (χ2v) is 11.0. The third-order valence-corrected chi connectivity index (χ3v) is 7.45. The number of likely N-dealkylation sites (N-methyl/N-ethyl adjacent to an activating group) is 1. The van der Waals surface area contributed by atoms with Crippen LogP contribution in [0.2, 0.25) is 25.1 Å². The molecule has 1 N–H and O–H groups in total. The van der Waals surface area contributed by atoms with Crippen LogP contribution in [0.25, 0.3) is 0 Å². The minimum absolute atomic E-state index is 0.0192. The zero-order valence-corrected chi connectivity index (χ0v) is 22.3. The molecule has 0 saturated heterocycles. The maximum atomic E-state index is 13.3. The Balaban J connectivity index is 2.48. The zero-order chi connectivity index (χ0) is 25.1. The van der Waals surface area contributed by atoms with Crippen molar-refractivity contribution in [1.29, 1.82) is 0 Å². The molecule has 0 spiro atoms. The summed E-state index contributed by atoms with van der Waals surface area (Å²) in [5.41, 5.74) is 0.489. The molecule has 180 valence electrons. The summed E-state index contributed by atoms with van der Waals surface area (Å²) in [6.45, 7) is 0.788. The van der Waals surface area contributed by atoms with Gasteiger partial charge < -0.3 is 10.2 Å². The molecule has 0 saturated carbocycles. The molecule has 7 nitrogen and oxygen atoms in total. The van der Waals surface area contributed by atoms with Crippen LogP contribution < -0.4 is 9.62 Å². The Kier molecular flexibility index (Phi) is 9.56. The van der Waals surface area contributed by atoms with Gasteiger partial charge >= 0.3 is 0 Å². The molecule has 13 heteroatoms. The topological polar surface area (TPSA) is 86.8 Å². The van der Waals surface area contributed by atoms with Gasteiger partial charge in [0.2, 0.25) is 21.8 Å². The summed E-state index contributed by atoms with van der Waals surface area (Å²) < 4.78 is 25.9. The van der Waals surface area contributed by atoms with Crippen LogP contribution in [-0.4, -0.2) is 51.0 Å². The van der Waals surface area contributed by atoms with Gasteiger partial charge in [0, 0.05) is 23.6 Å². The fourth-order valence-corrected chi connectivity index (χ4v) is 4.94. The molecule has 33 heavy (non-hydrogen) atoms. The van der Waals surface area contributed by atoms with Gasteiger partial charge in [0.05, 0.1) is 27.0 Å². The molecule has 2 aromatic rings. The van der Waals surface area contributed by atoms with Gasteiger partial charge in [-0.15, -0.1) is 0 Å². The molecule has 1 atom stereocenters. The lowest BCUT2D eigenvalue weighted by molar-refractivity contribution is -0.139. The van der Waals surface area contributed by atoms with Crippen molar-refractivity contribution in [2.24, 2.45) is 0 Å². The van der Waals surface area contributed by atoms with Crippen molar-refractivity contribution in [2.45, 2.75) is 19.5 Å². The third-order valence-electron chi connectivity index (χ3n) is 4.71.